The Balaban J connectivity index is 3.18. The molecule has 2 N–H and O–H groups in total. The fraction of sp³-hybridized carbons (Fsp3) is 0.385. The topological polar surface area (TPSA) is 102 Å². The lowest BCUT2D eigenvalue weighted by molar-refractivity contribution is -0.149. The summed E-state index contributed by atoms with van der Waals surface area (Å²) in [5.41, 5.74) is 0.202. The number of aromatic carboxylic acids is 1. The molecule has 110 valence electrons. The number of benzene rings is 1. The van der Waals surface area contributed by atoms with Gasteiger partial charge in [-0.25, -0.2) is 9.59 Å². The highest BCUT2D eigenvalue weighted by Gasteiger charge is 2.21. The maximum absolute atomic E-state index is 11.2. The third-order valence-corrected chi connectivity index (χ3v) is 2.70. The highest BCUT2D eigenvalue weighted by Crippen LogP contribution is 2.34. The molecule has 20 heavy (non-hydrogen) atoms. The summed E-state index contributed by atoms with van der Waals surface area (Å²) in [4.78, 5) is 21.9. The summed E-state index contributed by atoms with van der Waals surface area (Å²) < 4.78 is 15.3. The molecule has 7 heteroatoms. The van der Waals surface area contributed by atoms with Gasteiger partial charge in [-0.15, -0.1) is 0 Å². The van der Waals surface area contributed by atoms with Crippen molar-refractivity contribution in [1.82, 2.24) is 0 Å². The van der Waals surface area contributed by atoms with E-state index in [1.54, 1.807) is 0 Å². The second kappa shape index (κ2) is 6.76. The van der Waals surface area contributed by atoms with E-state index in [1.165, 1.54) is 33.3 Å². The van der Waals surface area contributed by atoms with Crippen molar-refractivity contribution in [3.05, 3.63) is 23.3 Å². The third-order valence-electron chi connectivity index (χ3n) is 2.70. The average Bonchev–Trinajstić information content (AvgIpc) is 2.42. The number of hydrogen-bond acceptors (Lipinski definition) is 5. The van der Waals surface area contributed by atoms with Crippen molar-refractivity contribution < 1.29 is 34.0 Å². The molecule has 1 aromatic rings. The number of methoxy groups -OCH3 is 2. The van der Waals surface area contributed by atoms with E-state index in [4.69, 9.17) is 24.4 Å². The molecule has 0 heterocycles. The van der Waals surface area contributed by atoms with Crippen LogP contribution in [0.1, 0.15) is 22.8 Å². The average molecular weight is 284 g/mol. The van der Waals surface area contributed by atoms with Crippen molar-refractivity contribution >= 4 is 11.9 Å². The largest absolute Gasteiger partial charge is 0.493 e. The number of hydrogen-bond donors (Lipinski definition) is 2. The van der Waals surface area contributed by atoms with Crippen molar-refractivity contribution in [2.45, 2.75) is 19.6 Å². The molecule has 0 amide bonds. The Hall–Kier alpha value is -2.28. The molecule has 0 spiro atoms. The zero-order valence-corrected chi connectivity index (χ0v) is 11.4. The Morgan fingerprint density at radius 3 is 2.30 bits per heavy atom. The Labute approximate surface area is 115 Å². The van der Waals surface area contributed by atoms with Crippen LogP contribution in [0.15, 0.2) is 12.1 Å². The molecule has 1 aromatic carbocycles. The van der Waals surface area contributed by atoms with Gasteiger partial charge in [0.15, 0.2) is 17.6 Å². The summed E-state index contributed by atoms with van der Waals surface area (Å²) in [6, 6.07) is 2.82. The molecule has 0 saturated heterocycles. The summed E-state index contributed by atoms with van der Waals surface area (Å²) in [5, 5.41) is 17.9. The van der Waals surface area contributed by atoms with E-state index in [2.05, 4.69) is 0 Å². The van der Waals surface area contributed by atoms with Crippen LogP contribution in [0.5, 0.6) is 11.5 Å². The normalized spacial score (nSPS) is 11.8. The van der Waals surface area contributed by atoms with Crippen LogP contribution in [0.25, 0.3) is 0 Å². The zero-order chi connectivity index (χ0) is 15.3. The van der Waals surface area contributed by atoms with Gasteiger partial charge in [-0.3, -0.25) is 0 Å². The van der Waals surface area contributed by atoms with Gasteiger partial charge >= 0.3 is 11.9 Å². The monoisotopic (exact) mass is 284 g/mol. The van der Waals surface area contributed by atoms with Crippen molar-refractivity contribution in [1.29, 1.82) is 0 Å². The summed E-state index contributed by atoms with van der Waals surface area (Å²) >= 11 is 0. The van der Waals surface area contributed by atoms with Gasteiger partial charge in [-0.05, 0) is 19.1 Å². The van der Waals surface area contributed by atoms with Crippen molar-refractivity contribution in [2.75, 3.05) is 14.2 Å². The SMILES string of the molecule is COc1ccc(C(=O)O)c(COC(C)C(=O)O)c1OC. The Kier molecular flexibility index (Phi) is 5.33. The minimum absolute atomic E-state index is 0.0276. The first-order valence-electron chi connectivity index (χ1n) is 5.73. The molecule has 0 fully saturated rings. The Morgan fingerprint density at radius 2 is 1.85 bits per heavy atom. The smallest absolute Gasteiger partial charge is 0.336 e. The predicted molar refractivity (Wildman–Crippen MR) is 68.4 cm³/mol. The van der Waals surface area contributed by atoms with Gasteiger partial charge in [0, 0.05) is 5.56 Å². The van der Waals surface area contributed by atoms with Crippen LogP contribution in [-0.4, -0.2) is 42.5 Å². The second-order valence-corrected chi connectivity index (χ2v) is 3.92. The number of carboxylic acid groups (broad SMARTS) is 2. The highest BCUT2D eigenvalue weighted by atomic mass is 16.5. The van der Waals surface area contributed by atoms with Crippen molar-refractivity contribution in [3.8, 4) is 11.5 Å². The van der Waals surface area contributed by atoms with Crippen molar-refractivity contribution in [2.24, 2.45) is 0 Å². The summed E-state index contributed by atoms with van der Waals surface area (Å²) in [5.74, 6) is -1.74. The summed E-state index contributed by atoms with van der Waals surface area (Å²) in [7, 11) is 2.79. The molecule has 0 aliphatic heterocycles. The number of ether oxygens (including phenoxy) is 3. The lowest BCUT2D eigenvalue weighted by atomic mass is 10.1. The third kappa shape index (κ3) is 3.39. The van der Waals surface area contributed by atoms with E-state index in [0.29, 0.717) is 5.75 Å². The van der Waals surface area contributed by atoms with Crippen molar-refractivity contribution in [3.63, 3.8) is 0 Å². The van der Waals surface area contributed by atoms with E-state index in [-0.39, 0.29) is 23.5 Å². The van der Waals surface area contributed by atoms with Crippen LogP contribution in [0.4, 0.5) is 0 Å². The maximum atomic E-state index is 11.2. The molecule has 0 radical (unpaired) electrons. The lowest BCUT2D eigenvalue weighted by Gasteiger charge is -2.16. The quantitative estimate of drug-likeness (QED) is 0.780. The standard InChI is InChI=1S/C13H16O7/c1-7(12(14)15)20-6-9-8(13(16)17)4-5-10(18-2)11(9)19-3/h4-5,7H,6H2,1-3H3,(H,14,15)(H,16,17). The molecule has 0 aliphatic carbocycles. The van der Waals surface area contributed by atoms with E-state index in [9.17, 15) is 9.59 Å². The fourth-order valence-corrected chi connectivity index (χ4v) is 1.61. The Bertz CT molecular complexity index is 510. The van der Waals surface area contributed by atoms with Gasteiger partial charge in [0.2, 0.25) is 0 Å². The van der Waals surface area contributed by atoms with Crippen LogP contribution < -0.4 is 9.47 Å². The van der Waals surface area contributed by atoms with E-state index in [0.717, 1.165) is 0 Å². The lowest BCUT2D eigenvalue weighted by Crippen LogP contribution is -2.20. The van der Waals surface area contributed by atoms with Crippen LogP contribution in [0.2, 0.25) is 0 Å². The molecular weight excluding hydrogens is 268 g/mol. The van der Waals surface area contributed by atoms with Gasteiger partial charge in [-0.2, -0.15) is 0 Å². The van der Waals surface area contributed by atoms with Crippen LogP contribution in [0.3, 0.4) is 0 Å². The molecule has 1 atom stereocenters. The molecule has 7 nitrogen and oxygen atoms in total. The number of carbonyl (C=O) groups is 2. The minimum atomic E-state index is -1.16. The van der Waals surface area contributed by atoms with Gasteiger partial charge in [0.25, 0.3) is 0 Å². The molecule has 0 saturated carbocycles. The minimum Gasteiger partial charge on any atom is -0.493 e. The first-order chi connectivity index (χ1) is 9.42. The van der Waals surface area contributed by atoms with Gasteiger partial charge < -0.3 is 24.4 Å². The van der Waals surface area contributed by atoms with E-state index < -0.39 is 18.0 Å². The zero-order valence-electron chi connectivity index (χ0n) is 11.4. The molecule has 0 aromatic heterocycles. The second-order valence-electron chi connectivity index (χ2n) is 3.92. The number of aliphatic carboxylic acids is 1. The Morgan fingerprint density at radius 1 is 1.20 bits per heavy atom. The summed E-state index contributed by atoms with van der Waals surface area (Å²) in [6.07, 6.45) is -1.06. The first kappa shape index (κ1) is 15.8. The molecule has 0 aliphatic rings. The first-order valence-corrected chi connectivity index (χ1v) is 5.73. The van der Waals surface area contributed by atoms with Crippen LogP contribution in [-0.2, 0) is 16.1 Å². The van der Waals surface area contributed by atoms with Crippen LogP contribution >= 0.6 is 0 Å². The predicted octanol–water partition coefficient (Wildman–Crippen LogP) is 1.39. The highest BCUT2D eigenvalue weighted by molar-refractivity contribution is 5.90. The van der Waals surface area contributed by atoms with E-state index in [1.807, 2.05) is 0 Å². The summed E-state index contributed by atoms with van der Waals surface area (Å²) in [6.45, 7) is 1.14. The van der Waals surface area contributed by atoms with E-state index >= 15 is 0 Å². The van der Waals surface area contributed by atoms with Gasteiger partial charge in [0.05, 0.1) is 26.4 Å². The molecular formula is C13H16O7. The molecule has 1 rings (SSSR count). The molecule has 0 bridgehead atoms. The van der Waals surface area contributed by atoms with Crippen LogP contribution in [0, 0.1) is 0 Å². The van der Waals surface area contributed by atoms with Gasteiger partial charge in [-0.1, -0.05) is 0 Å². The number of carboxylic acids is 2. The molecule has 1 unspecified atom stereocenters. The maximum Gasteiger partial charge on any atom is 0.336 e. The number of rotatable bonds is 7. The fourth-order valence-electron chi connectivity index (χ4n) is 1.61. The van der Waals surface area contributed by atoms with Gasteiger partial charge in [0.1, 0.15) is 0 Å².